The van der Waals surface area contributed by atoms with Crippen LogP contribution in [0.4, 0.5) is 5.69 Å². The smallest absolute Gasteiger partial charge is 0.326 e. The summed E-state index contributed by atoms with van der Waals surface area (Å²) in [7, 11) is 0. The third kappa shape index (κ3) is 3.45. The number of aliphatic carboxylic acids is 1. The lowest BCUT2D eigenvalue weighted by molar-refractivity contribution is -0.384. The topological polar surface area (TPSA) is 135 Å². The van der Waals surface area contributed by atoms with Crippen LogP contribution >= 0.6 is 0 Å². The normalized spacial score (nSPS) is 18.6. The Labute approximate surface area is 142 Å². The number of carboxylic acids is 1. The predicted molar refractivity (Wildman–Crippen MR) is 87.4 cm³/mol. The molecule has 0 saturated carbocycles. The number of nitrogens with zero attached hydrogens (tertiary/aromatic N) is 1. The number of carboxylic acid groups (broad SMARTS) is 1. The number of H-pyrrole nitrogens is 1. The van der Waals surface area contributed by atoms with Crippen molar-refractivity contribution in [1.29, 1.82) is 0 Å². The van der Waals surface area contributed by atoms with Gasteiger partial charge in [0.2, 0.25) is 0 Å². The highest BCUT2D eigenvalue weighted by Gasteiger charge is 2.32. The fourth-order valence-electron chi connectivity index (χ4n) is 3.04. The zero-order chi connectivity index (χ0) is 18.0. The van der Waals surface area contributed by atoms with Gasteiger partial charge >= 0.3 is 5.97 Å². The Morgan fingerprint density at radius 1 is 1.44 bits per heavy atom. The van der Waals surface area contributed by atoms with Crippen molar-refractivity contribution in [3.05, 3.63) is 40.1 Å². The quantitative estimate of drug-likeness (QED) is 0.556. The number of nitro benzene ring substituents is 1. The van der Waals surface area contributed by atoms with Gasteiger partial charge in [-0.25, -0.2) is 4.79 Å². The average molecular weight is 347 g/mol. The van der Waals surface area contributed by atoms with Crippen LogP contribution in [0.15, 0.2) is 24.4 Å². The van der Waals surface area contributed by atoms with Crippen LogP contribution < -0.4 is 5.32 Å². The summed E-state index contributed by atoms with van der Waals surface area (Å²) in [5.41, 5.74) is 0.585. The van der Waals surface area contributed by atoms with E-state index < -0.39 is 22.8 Å². The molecule has 3 N–H and O–H groups in total. The first-order valence-electron chi connectivity index (χ1n) is 7.84. The van der Waals surface area contributed by atoms with Crippen LogP contribution in [0.5, 0.6) is 0 Å². The van der Waals surface area contributed by atoms with Gasteiger partial charge in [0, 0.05) is 41.8 Å². The molecule has 1 amide bonds. The molecule has 1 saturated heterocycles. The van der Waals surface area contributed by atoms with Gasteiger partial charge in [0.05, 0.1) is 17.1 Å². The van der Waals surface area contributed by atoms with Crippen LogP contribution in [0.3, 0.4) is 0 Å². The molecule has 2 atom stereocenters. The number of hydrogen-bond acceptors (Lipinski definition) is 5. The van der Waals surface area contributed by atoms with Crippen molar-refractivity contribution in [3.8, 4) is 0 Å². The Morgan fingerprint density at radius 2 is 2.24 bits per heavy atom. The maximum absolute atomic E-state index is 12.6. The second-order valence-electron chi connectivity index (χ2n) is 5.96. The molecular formula is C16H17N3O6. The molecule has 25 heavy (non-hydrogen) atoms. The molecule has 0 radical (unpaired) electrons. The highest BCUT2D eigenvalue weighted by molar-refractivity contribution is 6.08. The van der Waals surface area contributed by atoms with E-state index in [1.807, 2.05) is 0 Å². The molecule has 1 aromatic carbocycles. The van der Waals surface area contributed by atoms with Gasteiger partial charge in [-0.15, -0.1) is 0 Å². The number of hydrogen-bond donors (Lipinski definition) is 3. The van der Waals surface area contributed by atoms with Gasteiger partial charge in [-0.05, 0) is 18.9 Å². The van der Waals surface area contributed by atoms with E-state index in [9.17, 15) is 24.8 Å². The molecule has 2 aromatic rings. The largest absolute Gasteiger partial charge is 0.480 e. The Balaban J connectivity index is 1.86. The van der Waals surface area contributed by atoms with Crippen molar-refractivity contribution in [2.45, 2.75) is 18.9 Å². The highest BCUT2D eigenvalue weighted by Crippen LogP contribution is 2.24. The molecule has 0 spiro atoms. The van der Waals surface area contributed by atoms with Crippen LogP contribution in [0, 0.1) is 16.0 Å². The molecule has 9 heteroatoms. The number of carbonyl (C=O) groups is 2. The Kier molecular flexibility index (Phi) is 4.66. The molecule has 0 aliphatic carbocycles. The van der Waals surface area contributed by atoms with Crippen LogP contribution in [0.1, 0.15) is 23.2 Å². The molecule has 132 valence electrons. The standard InChI is InChI=1S/C16H17N3O6/c20-15(18-14(16(21)22)9-2-1-5-25-8-9)12-7-17-13-4-3-10(19(23)24)6-11(12)13/h3-4,6-7,9,14,17H,1-2,5,8H2,(H,18,20)(H,21,22). The Bertz CT molecular complexity index is 824. The second kappa shape index (κ2) is 6.89. The summed E-state index contributed by atoms with van der Waals surface area (Å²) in [4.78, 5) is 37.3. The molecule has 1 aliphatic heterocycles. The maximum atomic E-state index is 12.6. The van der Waals surface area contributed by atoms with Gasteiger partial charge in [0.15, 0.2) is 0 Å². The fourth-order valence-corrected chi connectivity index (χ4v) is 3.04. The highest BCUT2D eigenvalue weighted by atomic mass is 16.6. The summed E-state index contributed by atoms with van der Waals surface area (Å²) in [5, 5.41) is 23.3. The minimum Gasteiger partial charge on any atom is -0.480 e. The van der Waals surface area contributed by atoms with E-state index in [-0.39, 0.29) is 23.8 Å². The van der Waals surface area contributed by atoms with Crippen molar-refractivity contribution in [2.75, 3.05) is 13.2 Å². The molecule has 9 nitrogen and oxygen atoms in total. The predicted octanol–water partition coefficient (Wildman–Crippen LogP) is 1.69. The van der Waals surface area contributed by atoms with E-state index >= 15 is 0 Å². The van der Waals surface area contributed by atoms with Crippen molar-refractivity contribution in [3.63, 3.8) is 0 Å². The van der Waals surface area contributed by atoms with Crippen LogP contribution in [-0.4, -0.2) is 46.1 Å². The van der Waals surface area contributed by atoms with E-state index in [2.05, 4.69) is 10.3 Å². The number of rotatable bonds is 5. The number of non-ortho nitro benzene ring substituents is 1. The molecule has 1 aliphatic rings. The lowest BCUT2D eigenvalue weighted by Crippen LogP contribution is -2.48. The Hall–Kier alpha value is -2.94. The number of amides is 1. The van der Waals surface area contributed by atoms with Crippen molar-refractivity contribution in [1.82, 2.24) is 10.3 Å². The number of aromatic amines is 1. The minimum absolute atomic E-state index is 0.142. The fraction of sp³-hybridized carbons (Fsp3) is 0.375. The van der Waals surface area contributed by atoms with Gasteiger partial charge in [-0.2, -0.15) is 0 Å². The average Bonchev–Trinajstić information content (AvgIpc) is 3.03. The first kappa shape index (κ1) is 16.9. The summed E-state index contributed by atoms with van der Waals surface area (Å²) in [6, 6.07) is 3.06. The lowest BCUT2D eigenvalue weighted by Gasteiger charge is -2.28. The molecule has 1 fully saturated rings. The molecule has 1 aromatic heterocycles. The van der Waals surface area contributed by atoms with Crippen LogP contribution in [-0.2, 0) is 9.53 Å². The number of nitrogens with one attached hydrogen (secondary N) is 2. The number of aromatic nitrogens is 1. The van der Waals surface area contributed by atoms with Crippen molar-refractivity contribution < 1.29 is 24.4 Å². The van der Waals surface area contributed by atoms with Crippen molar-refractivity contribution in [2.24, 2.45) is 5.92 Å². The van der Waals surface area contributed by atoms with Gasteiger partial charge in [0.25, 0.3) is 11.6 Å². The maximum Gasteiger partial charge on any atom is 0.326 e. The third-order valence-corrected chi connectivity index (χ3v) is 4.34. The number of nitro groups is 1. The van der Waals surface area contributed by atoms with E-state index in [1.54, 1.807) is 0 Å². The molecule has 2 heterocycles. The minimum atomic E-state index is -1.13. The first-order chi connectivity index (χ1) is 12.0. The van der Waals surface area contributed by atoms with E-state index in [1.165, 1.54) is 24.4 Å². The van der Waals surface area contributed by atoms with Gasteiger partial charge in [0.1, 0.15) is 6.04 Å². The number of carbonyl (C=O) groups excluding carboxylic acids is 1. The zero-order valence-corrected chi connectivity index (χ0v) is 13.2. The van der Waals surface area contributed by atoms with Gasteiger partial charge in [-0.1, -0.05) is 0 Å². The van der Waals surface area contributed by atoms with Crippen LogP contribution in [0.25, 0.3) is 10.9 Å². The lowest BCUT2D eigenvalue weighted by atomic mass is 9.93. The SMILES string of the molecule is O=C(NC(C(=O)O)C1CCCOC1)c1c[nH]c2ccc([N+](=O)[O-])cc12. The van der Waals surface area contributed by atoms with E-state index in [4.69, 9.17) is 4.74 Å². The van der Waals surface area contributed by atoms with E-state index in [0.717, 1.165) is 6.42 Å². The van der Waals surface area contributed by atoms with Gasteiger partial charge in [-0.3, -0.25) is 14.9 Å². The first-order valence-corrected chi connectivity index (χ1v) is 7.84. The number of ether oxygens (including phenoxy) is 1. The number of fused-ring (bicyclic) bond motifs is 1. The van der Waals surface area contributed by atoms with E-state index in [0.29, 0.717) is 23.9 Å². The summed E-state index contributed by atoms with van der Waals surface area (Å²) in [6.07, 6.45) is 2.81. The summed E-state index contributed by atoms with van der Waals surface area (Å²) in [5.74, 6) is -2.03. The second-order valence-corrected chi connectivity index (χ2v) is 5.96. The van der Waals surface area contributed by atoms with Crippen LogP contribution in [0.2, 0.25) is 0 Å². The molecule has 2 unspecified atom stereocenters. The van der Waals surface area contributed by atoms with Gasteiger partial charge < -0.3 is 20.1 Å². The summed E-state index contributed by atoms with van der Waals surface area (Å²) in [6.45, 7) is 0.861. The molecular weight excluding hydrogens is 330 g/mol. The molecule has 3 rings (SSSR count). The van der Waals surface area contributed by atoms with Crippen molar-refractivity contribution >= 4 is 28.5 Å². The Morgan fingerprint density at radius 3 is 2.88 bits per heavy atom. The zero-order valence-electron chi connectivity index (χ0n) is 13.2. The molecule has 0 bridgehead atoms. The monoisotopic (exact) mass is 347 g/mol. The summed E-state index contributed by atoms with van der Waals surface area (Å²) >= 11 is 0. The third-order valence-electron chi connectivity index (χ3n) is 4.34. The number of benzene rings is 1. The summed E-state index contributed by atoms with van der Waals surface area (Å²) < 4.78 is 5.30.